The molecule has 2 rings (SSSR count). The lowest BCUT2D eigenvalue weighted by Gasteiger charge is -2.17. The Balaban J connectivity index is 1.89. The van der Waals surface area contributed by atoms with Crippen LogP contribution in [0.5, 0.6) is 5.75 Å². The van der Waals surface area contributed by atoms with Crippen molar-refractivity contribution in [2.24, 2.45) is 4.99 Å². The van der Waals surface area contributed by atoms with Gasteiger partial charge in [-0.3, -0.25) is 0 Å². The van der Waals surface area contributed by atoms with E-state index in [1.165, 1.54) is 6.26 Å². The van der Waals surface area contributed by atoms with Crippen LogP contribution in [0.4, 0.5) is 0 Å². The molecular weight excluding hydrogens is 410 g/mol. The number of guanidine groups is 1. The largest absolute Gasteiger partial charge is 0.489 e. The van der Waals surface area contributed by atoms with Crippen molar-refractivity contribution in [3.8, 4) is 5.75 Å². The summed E-state index contributed by atoms with van der Waals surface area (Å²) in [5.74, 6) is 1.51. The Morgan fingerprint density at radius 2 is 1.69 bits per heavy atom. The van der Waals surface area contributed by atoms with Gasteiger partial charge in [-0.2, -0.15) is 0 Å². The highest BCUT2D eigenvalue weighted by molar-refractivity contribution is 7.89. The Morgan fingerprint density at radius 1 is 1.07 bits per heavy atom. The van der Waals surface area contributed by atoms with E-state index >= 15 is 0 Å². The summed E-state index contributed by atoms with van der Waals surface area (Å²) in [5.41, 5.74) is 1.78. The highest BCUT2D eigenvalue weighted by Crippen LogP contribution is 2.16. The molecule has 0 aliphatic rings. The molecule has 0 spiro atoms. The first-order valence-electron chi connectivity index (χ1n) is 9.45. The molecule has 0 radical (unpaired) electrons. The molecule has 2 aromatic rings. The maximum atomic E-state index is 11.4. The van der Waals surface area contributed by atoms with Crippen LogP contribution in [0.3, 0.4) is 0 Å². The number of sulfone groups is 1. The second-order valence-corrected chi connectivity index (χ2v) is 9.42. The molecule has 1 unspecified atom stereocenters. The van der Waals surface area contributed by atoms with E-state index < -0.39 is 9.84 Å². The summed E-state index contributed by atoms with van der Waals surface area (Å²) in [5, 5.41) is 7.16. The predicted octanol–water partition coefficient (Wildman–Crippen LogP) is 3.41. The van der Waals surface area contributed by atoms with Gasteiger partial charge in [-0.25, -0.2) is 13.4 Å². The monoisotopic (exact) mass is 437 g/mol. The van der Waals surface area contributed by atoms with Crippen LogP contribution < -0.4 is 15.4 Å². The summed E-state index contributed by atoms with van der Waals surface area (Å²) in [6.07, 6.45) is 1.17. The van der Waals surface area contributed by atoms with Gasteiger partial charge < -0.3 is 15.4 Å². The molecule has 0 saturated carbocycles. The average Bonchev–Trinajstić information content (AvgIpc) is 2.66. The van der Waals surface area contributed by atoms with Gasteiger partial charge in [0.15, 0.2) is 15.8 Å². The van der Waals surface area contributed by atoms with E-state index in [-0.39, 0.29) is 11.9 Å². The highest BCUT2D eigenvalue weighted by atomic mass is 35.5. The molecule has 0 saturated heterocycles. The van der Waals surface area contributed by atoms with Gasteiger partial charge in [-0.05, 0) is 49.2 Å². The number of ether oxygens (including phenoxy) is 1. The Hall–Kier alpha value is -2.25. The van der Waals surface area contributed by atoms with E-state index in [1.807, 2.05) is 50.2 Å². The zero-order valence-electron chi connectivity index (χ0n) is 17.0. The molecule has 6 nitrogen and oxygen atoms in total. The maximum absolute atomic E-state index is 11.4. The third kappa shape index (κ3) is 9.19. The van der Waals surface area contributed by atoms with Crippen LogP contribution in [0, 0.1) is 0 Å². The maximum Gasteiger partial charge on any atom is 0.191 e. The van der Waals surface area contributed by atoms with Crippen molar-refractivity contribution in [3.05, 3.63) is 64.7 Å². The molecular formula is C21H28ClN3O3S. The SMILES string of the molecule is CCNC(=NCc1ccc(CS(C)(=O)=O)cc1)NCC(C)Oc1ccc(Cl)cc1. The molecule has 158 valence electrons. The van der Waals surface area contributed by atoms with Gasteiger partial charge in [0.05, 0.1) is 18.8 Å². The lowest BCUT2D eigenvalue weighted by atomic mass is 10.1. The zero-order valence-corrected chi connectivity index (χ0v) is 18.6. The van der Waals surface area contributed by atoms with Crippen LogP contribution in [0.1, 0.15) is 25.0 Å². The van der Waals surface area contributed by atoms with Gasteiger partial charge in [-0.15, -0.1) is 0 Å². The fourth-order valence-electron chi connectivity index (χ4n) is 2.58. The number of hydrogen-bond acceptors (Lipinski definition) is 4. The van der Waals surface area contributed by atoms with E-state index in [1.54, 1.807) is 12.1 Å². The van der Waals surface area contributed by atoms with Gasteiger partial charge in [0, 0.05) is 17.8 Å². The van der Waals surface area contributed by atoms with E-state index in [4.69, 9.17) is 16.3 Å². The van der Waals surface area contributed by atoms with Gasteiger partial charge >= 0.3 is 0 Å². The fraction of sp³-hybridized carbons (Fsp3) is 0.381. The molecule has 8 heteroatoms. The topological polar surface area (TPSA) is 79.8 Å². The van der Waals surface area contributed by atoms with Crippen LogP contribution in [-0.4, -0.2) is 39.8 Å². The number of nitrogens with one attached hydrogen (secondary N) is 2. The minimum atomic E-state index is -3.03. The van der Waals surface area contributed by atoms with Gasteiger partial charge in [0.25, 0.3) is 0 Å². The summed E-state index contributed by atoms with van der Waals surface area (Å²) in [4.78, 5) is 4.58. The van der Waals surface area contributed by atoms with E-state index in [2.05, 4.69) is 15.6 Å². The molecule has 0 bridgehead atoms. The fourth-order valence-corrected chi connectivity index (χ4v) is 3.51. The normalized spacial score (nSPS) is 13.0. The van der Waals surface area contributed by atoms with Crippen molar-refractivity contribution in [3.63, 3.8) is 0 Å². The van der Waals surface area contributed by atoms with Crippen LogP contribution in [0.25, 0.3) is 0 Å². The Morgan fingerprint density at radius 3 is 2.28 bits per heavy atom. The van der Waals surface area contributed by atoms with E-state index in [0.29, 0.717) is 24.1 Å². The first kappa shape index (κ1) is 23.0. The Kier molecular flexibility index (Phi) is 8.79. The smallest absolute Gasteiger partial charge is 0.191 e. The van der Waals surface area contributed by atoms with Crippen molar-refractivity contribution < 1.29 is 13.2 Å². The molecule has 0 aliphatic heterocycles. The lowest BCUT2D eigenvalue weighted by Crippen LogP contribution is -2.41. The average molecular weight is 438 g/mol. The number of hydrogen-bond donors (Lipinski definition) is 2. The molecule has 0 amide bonds. The van der Waals surface area contributed by atoms with Crippen molar-refractivity contribution in [2.45, 2.75) is 32.2 Å². The molecule has 0 fully saturated rings. The van der Waals surface area contributed by atoms with Crippen molar-refractivity contribution in [2.75, 3.05) is 19.3 Å². The molecule has 29 heavy (non-hydrogen) atoms. The lowest BCUT2D eigenvalue weighted by molar-refractivity contribution is 0.224. The number of aliphatic imine (C=N–C) groups is 1. The number of nitrogens with zero attached hydrogens (tertiary/aromatic N) is 1. The molecule has 2 aromatic carbocycles. The molecule has 0 aliphatic carbocycles. The first-order valence-corrected chi connectivity index (χ1v) is 11.9. The van der Waals surface area contributed by atoms with Crippen LogP contribution >= 0.6 is 11.6 Å². The summed E-state index contributed by atoms with van der Waals surface area (Å²) < 4.78 is 28.6. The molecule has 1 atom stereocenters. The number of rotatable bonds is 9. The molecule has 0 heterocycles. The van der Waals surface area contributed by atoms with Gasteiger partial charge in [0.2, 0.25) is 0 Å². The predicted molar refractivity (Wildman–Crippen MR) is 119 cm³/mol. The number of halogens is 1. The summed E-state index contributed by atoms with van der Waals surface area (Å²) >= 11 is 5.89. The first-order chi connectivity index (χ1) is 13.7. The molecule has 2 N–H and O–H groups in total. The van der Waals surface area contributed by atoms with Crippen molar-refractivity contribution >= 4 is 27.4 Å². The Labute approximate surface area is 178 Å². The summed E-state index contributed by atoms with van der Waals surface area (Å²) in [7, 11) is -3.03. The highest BCUT2D eigenvalue weighted by Gasteiger charge is 2.07. The van der Waals surface area contributed by atoms with Crippen LogP contribution in [0.2, 0.25) is 5.02 Å². The minimum Gasteiger partial charge on any atom is -0.489 e. The zero-order chi connectivity index (χ0) is 21.3. The molecule has 0 aromatic heterocycles. The summed E-state index contributed by atoms with van der Waals surface area (Å²) in [6, 6.07) is 14.7. The standard InChI is InChI=1S/C21H28ClN3O3S/c1-4-23-21(24-13-16(2)28-20-11-9-19(22)10-12-20)25-14-17-5-7-18(8-6-17)15-29(3,26)27/h5-12,16H,4,13-15H2,1-3H3,(H2,23,24,25). The quantitative estimate of drug-likeness (QED) is 0.464. The van der Waals surface area contributed by atoms with Gasteiger partial charge in [0.1, 0.15) is 11.9 Å². The van der Waals surface area contributed by atoms with Crippen molar-refractivity contribution in [1.29, 1.82) is 0 Å². The van der Waals surface area contributed by atoms with E-state index in [9.17, 15) is 8.42 Å². The number of benzene rings is 2. The van der Waals surface area contributed by atoms with Crippen LogP contribution in [-0.2, 0) is 22.1 Å². The second kappa shape index (κ2) is 11.1. The van der Waals surface area contributed by atoms with Crippen molar-refractivity contribution in [1.82, 2.24) is 10.6 Å². The minimum absolute atomic E-state index is 0.0479. The van der Waals surface area contributed by atoms with Gasteiger partial charge in [-0.1, -0.05) is 35.9 Å². The third-order valence-corrected chi connectivity index (χ3v) is 5.03. The second-order valence-electron chi connectivity index (χ2n) is 6.85. The summed E-state index contributed by atoms with van der Waals surface area (Å²) in [6.45, 7) is 5.80. The third-order valence-electron chi connectivity index (χ3n) is 3.92. The van der Waals surface area contributed by atoms with Crippen LogP contribution in [0.15, 0.2) is 53.5 Å². The van der Waals surface area contributed by atoms with E-state index in [0.717, 1.165) is 23.4 Å². The Bertz CT molecular complexity index is 898.